The van der Waals surface area contributed by atoms with E-state index in [0.29, 0.717) is 5.82 Å². The van der Waals surface area contributed by atoms with Gasteiger partial charge in [0.15, 0.2) is 5.66 Å². The zero-order valence-electron chi connectivity index (χ0n) is 11.6. The molecular formula is C14H17N5O2. The maximum absolute atomic E-state index is 12.0. The minimum Gasteiger partial charge on any atom is -0.366 e. The smallest absolute Gasteiger partial charge is 0.264 e. The van der Waals surface area contributed by atoms with Crippen molar-refractivity contribution >= 4 is 17.6 Å². The lowest BCUT2D eigenvalue weighted by molar-refractivity contribution is -0.129. The third kappa shape index (κ3) is 3.59. The van der Waals surface area contributed by atoms with Crippen molar-refractivity contribution in [1.29, 1.82) is 0 Å². The van der Waals surface area contributed by atoms with E-state index in [0.717, 1.165) is 5.56 Å². The first-order chi connectivity index (χ1) is 10.0. The van der Waals surface area contributed by atoms with Gasteiger partial charge in [0.05, 0.1) is 0 Å². The molecule has 0 fully saturated rings. The molecule has 0 saturated carbocycles. The molecule has 1 aromatic heterocycles. The molecule has 0 aliphatic rings. The highest BCUT2D eigenvalue weighted by molar-refractivity contribution is 5.92. The molecule has 1 unspecified atom stereocenters. The summed E-state index contributed by atoms with van der Waals surface area (Å²) in [5, 5.41) is 12.1. The van der Waals surface area contributed by atoms with Crippen molar-refractivity contribution in [1.82, 2.24) is 15.5 Å². The summed E-state index contributed by atoms with van der Waals surface area (Å²) in [5.41, 5.74) is 4.94. The molecule has 0 bridgehead atoms. The van der Waals surface area contributed by atoms with Crippen molar-refractivity contribution in [2.45, 2.75) is 19.0 Å². The summed E-state index contributed by atoms with van der Waals surface area (Å²) in [7, 11) is 0. The Hall–Kier alpha value is -2.83. The van der Waals surface area contributed by atoms with Crippen LogP contribution in [0.5, 0.6) is 0 Å². The van der Waals surface area contributed by atoms with Gasteiger partial charge in [0.25, 0.3) is 5.91 Å². The van der Waals surface area contributed by atoms with Gasteiger partial charge in [-0.1, -0.05) is 30.3 Å². The summed E-state index contributed by atoms with van der Waals surface area (Å²) in [6, 6.07) is 10.9. The van der Waals surface area contributed by atoms with Gasteiger partial charge in [0, 0.05) is 19.5 Å². The average molecular weight is 287 g/mol. The Morgan fingerprint density at radius 2 is 2.00 bits per heavy atom. The lowest BCUT2D eigenvalue weighted by Crippen LogP contribution is -2.63. The van der Waals surface area contributed by atoms with E-state index in [9.17, 15) is 9.59 Å². The van der Waals surface area contributed by atoms with Gasteiger partial charge >= 0.3 is 0 Å². The van der Waals surface area contributed by atoms with Crippen molar-refractivity contribution in [2.75, 3.05) is 5.32 Å². The molecule has 7 nitrogen and oxygen atoms in total. The molecule has 2 amide bonds. The topological polar surface area (TPSA) is 113 Å². The number of carbonyl (C=O) groups is 2. The van der Waals surface area contributed by atoms with E-state index < -0.39 is 11.6 Å². The van der Waals surface area contributed by atoms with Crippen LogP contribution in [0.2, 0.25) is 0 Å². The highest BCUT2D eigenvalue weighted by Gasteiger charge is 2.38. The van der Waals surface area contributed by atoms with Crippen molar-refractivity contribution in [2.24, 2.45) is 5.73 Å². The molecular weight excluding hydrogens is 270 g/mol. The Labute approximate surface area is 121 Å². The highest BCUT2D eigenvalue weighted by Crippen LogP contribution is 2.16. The van der Waals surface area contributed by atoms with Crippen LogP contribution in [-0.2, 0) is 16.0 Å². The molecule has 1 heterocycles. The number of nitrogens with zero attached hydrogens (tertiary/aromatic N) is 1. The number of rotatable bonds is 6. The van der Waals surface area contributed by atoms with E-state index in [-0.39, 0.29) is 12.3 Å². The molecule has 0 aliphatic heterocycles. The Kier molecular flexibility index (Phi) is 4.22. The van der Waals surface area contributed by atoms with Crippen molar-refractivity contribution < 1.29 is 9.59 Å². The number of H-pyrrole nitrogens is 1. The minimum atomic E-state index is -1.44. The van der Waals surface area contributed by atoms with Gasteiger partial charge in [-0.3, -0.25) is 14.7 Å². The zero-order valence-corrected chi connectivity index (χ0v) is 11.6. The molecule has 0 aliphatic carbocycles. The molecule has 2 aromatic rings. The summed E-state index contributed by atoms with van der Waals surface area (Å²) in [5.74, 6) is -0.643. The number of benzene rings is 1. The molecule has 1 aromatic carbocycles. The lowest BCUT2D eigenvalue weighted by Gasteiger charge is -2.32. The summed E-state index contributed by atoms with van der Waals surface area (Å²) in [6.07, 6.45) is 1.81. The Bertz CT molecular complexity index is 612. The molecule has 0 saturated heterocycles. The van der Waals surface area contributed by atoms with E-state index in [1.165, 1.54) is 6.92 Å². The average Bonchev–Trinajstić information content (AvgIpc) is 2.91. The number of aromatic nitrogens is 2. The second-order valence-corrected chi connectivity index (χ2v) is 4.70. The third-order valence-electron chi connectivity index (χ3n) is 2.96. The summed E-state index contributed by atoms with van der Waals surface area (Å²) in [6.45, 7) is 1.33. The van der Waals surface area contributed by atoms with E-state index in [1.807, 2.05) is 30.3 Å². The van der Waals surface area contributed by atoms with Crippen LogP contribution < -0.4 is 16.4 Å². The molecule has 110 valence electrons. The van der Waals surface area contributed by atoms with Gasteiger partial charge in [-0.05, 0) is 11.6 Å². The van der Waals surface area contributed by atoms with Gasteiger partial charge in [0.2, 0.25) is 5.91 Å². The normalized spacial score (nSPS) is 13.2. The Morgan fingerprint density at radius 1 is 1.29 bits per heavy atom. The number of nitrogens with two attached hydrogens (primary N) is 1. The highest BCUT2D eigenvalue weighted by atomic mass is 16.2. The second kappa shape index (κ2) is 6.08. The quantitative estimate of drug-likeness (QED) is 0.575. The fraction of sp³-hybridized carbons (Fsp3) is 0.214. The molecule has 0 radical (unpaired) electrons. The summed E-state index contributed by atoms with van der Waals surface area (Å²) >= 11 is 0. The Morgan fingerprint density at radius 3 is 2.52 bits per heavy atom. The standard InChI is InChI=1S/C14H17N5O2/c1-10(20)17-14(13(15)21,18-12-7-8-16-19-12)9-11-5-3-2-4-6-11/h2-8H,9H2,1H3,(H2,15,21)(H,17,20)(H2,16,18,19). The first-order valence-electron chi connectivity index (χ1n) is 6.42. The predicted octanol–water partition coefficient (Wildman–Crippen LogP) is 0.382. The van der Waals surface area contributed by atoms with Crippen LogP contribution in [0.25, 0.3) is 0 Å². The number of primary amides is 1. The van der Waals surface area contributed by atoms with Crippen LogP contribution in [0.15, 0.2) is 42.6 Å². The van der Waals surface area contributed by atoms with Gasteiger partial charge in [-0.25, -0.2) is 0 Å². The molecule has 0 spiro atoms. The second-order valence-electron chi connectivity index (χ2n) is 4.70. The van der Waals surface area contributed by atoms with E-state index in [2.05, 4.69) is 20.8 Å². The maximum Gasteiger partial charge on any atom is 0.264 e. The minimum absolute atomic E-state index is 0.204. The molecule has 21 heavy (non-hydrogen) atoms. The van der Waals surface area contributed by atoms with Crippen LogP contribution in [0, 0.1) is 0 Å². The number of hydrogen-bond acceptors (Lipinski definition) is 4. The monoisotopic (exact) mass is 287 g/mol. The molecule has 7 heteroatoms. The number of carbonyl (C=O) groups excluding carboxylic acids is 2. The first kappa shape index (κ1) is 14.6. The van der Waals surface area contributed by atoms with Gasteiger partial charge in [-0.2, -0.15) is 5.10 Å². The van der Waals surface area contributed by atoms with E-state index in [1.54, 1.807) is 12.3 Å². The first-order valence-corrected chi connectivity index (χ1v) is 6.42. The van der Waals surface area contributed by atoms with Crippen LogP contribution in [-0.4, -0.2) is 27.7 Å². The predicted molar refractivity (Wildman–Crippen MR) is 78.1 cm³/mol. The number of anilines is 1. The van der Waals surface area contributed by atoms with Crippen molar-refractivity contribution in [3.8, 4) is 0 Å². The van der Waals surface area contributed by atoms with Crippen LogP contribution in [0.3, 0.4) is 0 Å². The number of amides is 2. The number of aromatic amines is 1. The van der Waals surface area contributed by atoms with E-state index >= 15 is 0 Å². The summed E-state index contributed by atoms with van der Waals surface area (Å²) < 4.78 is 0. The molecule has 1 atom stereocenters. The van der Waals surface area contributed by atoms with Crippen LogP contribution >= 0.6 is 0 Å². The van der Waals surface area contributed by atoms with Crippen molar-refractivity contribution in [3.63, 3.8) is 0 Å². The van der Waals surface area contributed by atoms with Crippen molar-refractivity contribution in [3.05, 3.63) is 48.2 Å². The largest absolute Gasteiger partial charge is 0.366 e. The SMILES string of the molecule is CC(=O)NC(Cc1ccccc1)(Nc1cc[nH]n1)C(N)=O. The van der Waals surface area contributed by atoms with Gasteiger partial charge in [0.1, 0.15) is 5.82 Å². The summed E-state index contributed by atoms with van der Waals surface area (Å²) in [4.78, 5) is 23.5. The van der Waals surface area contributed by atoms with E-state index in [4.69, 9.17) is 5.73 Å². The fourth-order valence-corrected chi connectivity index (χ4v) is 2.08. The van der Waals surface area contributed by atoms with Gasteiger partial charge < -0.3 is 16.4 Å². The number of nitrogens with one attached hydrogen (secondary N) is 3. The van der Waals surface area contributed by atoms with Crippen LogP contribution in [0.4, 0.5) is 5.82 Å². The maximum atomic E-state index is 12.0. The zero-order chi connectivity index (χ0) is 15.3. The molecule has 2 rings (SSSR count). The Balaban J connectivity index is 2.35. The number of hydrogen-bond donors (Lipinski definition) is 4. The fourth-order valence-electron chi connectivity index (χ4n) is 2.08. The van der Waals surface area contributed by atoms with Crippen LogP contribution in [0.1, 0.15) is 12.5 Å². The third-order valence-corrected chi connectivity index (χ3v) is 2.96. The molecule has 5 N–H and O–H groups in total. The van der Waals surface area contributed by atoms with Gasteiger partial charge in [-0.15, -0.1) is 0 Å². The lowest BCUT2D eigenvalue weighted by atomic mass is 9.98.